The highest BCUT2D eigenvalue weighted by Gasteiger charge is 2.20. The molecule has 0 aliphatic carbocycles. The Morgan fingerprint density at radius 3 is 2.56 bits per heavy atom. The van der Waals surface area contributed by atoms with E-state index in [1.165, 1.54) is 0 Å². The molecule has 0 bridgehead atoms. The van der Waals surface area contributed by atoms with E-state index in [1.807, 2.05) is 32.1 Å². The number of thiol groups is 2. The molecule has 0 aliphatic heterocycles. The molecule has 0 aliphatic rings. The standard InChI is InChI=1S/C20H19N3O2S2/c1-3-5-6-14-11(4-2)13(9-21-14)19(24)20(25)23-16-8-15-12(7-17(16)26)18(27)10-22-15/h3-10,21-22,26-27H,1-2H3,(H,23,25)/b5-3-,11-4-,14-6+. The molecule has 7 heteroatoms. The van der Waals surface area contributed by atoms with Crippen molar-refractivity contribution in [3.63, 3.8) is 0 Å². The lowest BCUT2D eigenvalue weighted by Gasteiger charge is -2.07. The van der Waals surface area contributed by atoms with Crippen LogP contribution in [0.4, 0.5) is 5.69 Å². The molecule has 0 unspecified atom stereocenters. The minimum absolute atomic E-state index is 0.324. The Kier molecular flexibility index (Phi) is 5.62. The van der Waals surface area contributed by atoms with Gasteiger partial charge < -0.3 is 15.3 Å². The van der Waals surface area contributed by atoms with E-state index in [2.05, 4.69) is 40.5 Å². The summed E-state index contributed by atoms with van der Waals surface area (Å²) >= 11 is 8.77. The van der Waals surface area contributed by atoms with E-state index in [0.29, 0.717) is 21.4 Å². The van der Waals surface area contributed by atoms with E-state index >= 15 is 0 Å². The number of H-pyrrole nitrogens is 2. The first-order valence-electron chi connectivity index (χ1n) is 8.31. The lowest BCUT2D eigenvalue weighted by atomic mass is 10.1. The summed E-state index contributed by atoms with van der Waals surface area (Å²) < 4.78 is 0. The van der Waals surface area contributed by atoms with Gasteiger partial charge in [0.05, 0.1) is 11.3 Å². The maximum atomic E-state index is 12.7. The number of Topliss-reactive ketones (excluding diaryl/α,β-unsaturated/α-hetero) is 1. The average Bonchev–Trinajstić information content (AvgIpc) is 3.23. The fourth-order valence-electron chi connectivity index (χ4n) is 2.82. The quantitative estimate of drug-likeness (QED) is 0.267. The fourth-order valence-corrected chi connectivity index (χ4v) is 3.32. The van der Waals surface area contributed by atoms with Gasteiger partial charge in [-0.15, -0.1) is 25.3 Å². The van der Waals surface area contributed by atoms with Gasteiger partial charge in [-0.05, 0) is 32.1 Å². The Balaban J connectivity index is 1.92. The highest BCUT2D eigenvalue weighted by atomic mass is 32.1. The van der Waals surface area contributed by atoms with Gasteiger partial charge in [0.2, 0.25) is 0 Å². The fraction of sp³-hybridized carbons (Fsp3) is 0.100. The van der Waals surface area contributed by atoms with E-state index in [-0.39, 0.29) is 0 Å². The van der Waals surface area contributed by atoms with Crippen molar-refractivity contribution < 1.29 is 9.59 Å². The first kappa shape index (κ1) is 19.1. The normalized spacial score (nSPS) is 13.0. The molecule has 3 aromatic rings. The van der Waals surface area contributed by atoms with E-state index in [9.17, 15) is 9.59 Å². The SMILES string of the molecule is C\C=C/C=c1/[nH]cc(C(=O)C(=O)Nc2cc3[nH]cc(S)c3cc2S)/c1=C/C. The Labute approximate surface area is 167 Å². The van der Waals surface area contributed by atoms with Gasteiger partial charge in [-0.1, -0.05) is 18.2 Å². The first-order chi connectivity index (χ1) is 13.0. The predicted octanol–water partition coefficient (Wildman–Crippen LogP) is 3.05. The molecule has 2 aromatic heterocycles. The number of hydrogen-bond acceptors (Lipinski definition) is 4. The average molecular weight is 398 g/mol. The van der Waals surface area contributed by atoms with Crippen LogP contribution in [0, 0.1) is 0 Å². The summed E-state index contributed by atoms with van der Waals surface area (Å²) in [6, 6.07) is 3.53. The summed E-state index contributed by atoms with van der Waals surface area (Å²) in [7, 11) is 0. The van der Waals surface area contributed by atoms with Gasteiger partial charge in [0, 0.05) is 43.7 Å². The highest BCUT2D eigenvalue weighted by molar-refractivity contribution is 7.80. The van der Waals surface area contributed by atoms with Gasteiger partial charge in [0.25, 0.3) is 11.7 Å². The lowest BCUT2D eigenvalue weighted by molar-refractivity contribution is -0.112. The second-order valence-electron chi connectivity index (χ2n) is 5.88. The number of hydrogen-bond donors (Lipinski definition) is 5. The maximum absolute atomic E-state index is 12.7. The summed E-state index contributed by atoms with van der Waals surface area (Å²) in [6.07, 6.45) is 10.7. The minimum Gasteiger partial charge on any atom is -0.360 e. The molecule has 0 saturated heterocycles. The summed E-state index contributed by atoms with van der Waals surface area (Å²) in [6.45, 7) is 3.73. The van der Waals surface area contributed by atoms with Gasteiger partial charge in [-0.3, -0.25) is 9.59 Å². The van der Waals surface area contributed by atoms with Crippen LogP contribution in [0.15, 0.2) is 46.5 Å². The van der Waals surface area contributed by atoms with Crippen LogP contribution in [0.3, 0.4) is 0 Å². The number of allylic oxidation sites excluding steroid dienone is 2. The van der Waals surface area contributed by atoms with Crippen molar-refractivity contribution in [2.75, 3.05) is 5.32 Å². The number of rotatable bonds is 4. The number of benzene rings is 1. The van der Waals surface area contributed by atoms with Crippen molar-refractivity contribution in [1.29, 1.82) is 0 Å². The van der Waals surface area contributed by atoms with Gasteiger partial charge in [-0.25, -0.2) is 0 Å². The molecule has 27 heavy (non-hydrogen) atoms. The van der Waals surface area contributed by atoms with E-state index in [4.69, 9.17) is 0 Å². The topological polar surface area (TPSA) is 77.8 Å². The Bertz CT molecular complexity index is 1190. The molecule has 5 nitrogen and oxygen atoms in total. The van der Waals surface area contributed by atoms with Gasteiger partial charge in [0.1, 0.15) is 0 Å². The monoisotopic (exact) mass is 397 g/mol. The van der Waals surface area contributed by atoms with Gasteiger partial charge in [-0.2, -0.15) is 0 Å². The molecule has 0 fully saturated rings. The second kappa shape index (κ2) is 7.94. The minimum atomic E-state index is -0.720. The van der Waals surface area contributed by atoms with Crippen LogP contribution in [0.1, 0.15) is 24.2 Å². The van der Waals surface area contributed by atoms with Crippen molar-refractivity contribution in [2.45, 2.75) is 23.6 Å². The van der Waals surface area contributed by atoms with Crippen LogP contribution in [0.25, 0.3) is 23.1 Å². The molecule has 138 valence electrons. The summed E-state index contributed by atoms with van der Waals surface area (Å²) in [4.78, 5) is 32.6. The van der Waals surface area contributed by atoms with Crippen LogP contribution in [0.2, 0.25) is 0 Å². The van der Waals surface area contributed by atoms with Gasteiger partial charge in [0.15, 0.2) is 0 Å². The number of carbonyl (C=O) groups is 2. The number of aromatic nitrogens is 2. The number of fused-ring (bicyclic) bond motifs is 1. The van der Waals surface area contributed by atoms with Crippen LogP contribution < -0.4 is 15.9 Å². The molecular weight excluding hydrogens is 378 g/mol. The molecule has 3 rings (SSSR count). The van der Waals surface area contributed by atoms with Crippen LogP contribution >= 0.6 is 25.3 Å². The Hall–Kier alpha value is -2.64. The lowest BCUT2D eigenvalue weighted by Crippen LogP contribution is -2.31. The molecule has 0 spiro atoms. The largest absolute Gasteiger partial charge is 0.360 e. The van der Waals surface area contributed by atoms with Crippen molar-refractivity contribution in [3.05, 3.63) is 52.8 Å². The summed E-state index contributed by atoms with van der Waals surface area (Å²) in [5.41, 5.74) is 1.58. The third kappa shape index (κ3) is 3.74. The Morgan fingerprint density at radius 2 is 1.85 bits per heavy atom. The third-order valence-electron chi connectivity index (χ3n) is 4.17. The molecule has 1 aromatic carbocycles. The third-order valence-corrected chi connectivity index (χ3v) is 4.91. The molecule has 3 N–H and O–H groups in total. The highest BCUT2D eigenvalue weighted by Crippen LogP contribution is 2.30. The van der Waals surface area contributed by atoms with Crippen molar-refractivity contribution in [2.24, 2.45) is 0 Å². The molecule has 0 saturated carbocycles. The number of ketones is 1. The van der Waals surface area contributed by atoms with Crippen molar-refractivity contribution in [3.8, 4) is 0 Å². The van der Waals surface area contributed by atoms with Crippen molar-refractivity contribution >= 4 is 65.7 Å². The zero-order valence-electron chi connectivity index (χ0n) is 14.8. The first-order valence-corrected chi connectivity index (χ1v) is 9.21. The number of carbonyl (C=O) groups excluding carboxylic acids is 2. The molecule has 0 atom stereocenters. The van der Waals surface area contributed by atoms with E-state index < -0.39 is 11.7 Å². The van der Waals surface area contributed by atoms with Crippen molar-refractivity contribution in [1.82, 2.24) is 9.97 Å². The number of nitrogens with one attached hydrogen (secondary N) is 3. The van der Waals surface area contributed by atoms with E-state index in [0.717, 1.165) is 21.1 Å². The summed E-state index contributed by atoms with van der Waals surface area (Å²) in [5.74, 6) is -1.34. The second-order valence-corrected chi connectivity index (χ2v) is 6.85. The maximum Gasteiger partial charge on any atom is 0.296 e. The molecule has 1 amide bonds. The van der Waals surface area contributed by atoms with Gasteiger partial charge >= 0.3 is 0 Å². The van der Waals surface area contributed by atoms with Crippen LogP contribution in [-0.2, 0) is 4.79 Å². The Morgan fingerprint density at radius 1 is 1.07 bits per heavy atom. The smallest absolute Gasteiger partial charge is 0.296 e. The number of amides is 1. The molecule has 0 radical (unpaired) electrons. The zero-order chi connectivity index (χ0) is 19.6. The molecule has 2 heterocycles. The summed E-state index contributed by atoms with van der Waals surface area (Å²) in [5, 5.41) is 5.01. The van der Waals surface area contributed by atoms with Crippen LogP contribution in [-0.4, -0.2) is 21.7 Å². The number of anilines is 1. The number of aromatic amines is 2. The zero-order valence-corrected chi connectivity index (χ0v) is 16.6. The molecular formula is C20H19N3O2S2. The van der Waals surface area contributed by atoms with E-state index in [1.54, 1.807) is 30.6 Å². The predicted molar refractivity (Wildman–Crippen MR) is 115 cm³/mol. The van der Waals surface area contributed by atoms with Crippen LogP contribution in [0.5, 0.6) is 0 Å².